The van der Waals surface area contributed by atoms with Gasteiger partial charge < -0.3 is 15.4 Å². The Bertz CT molecular complexity index is 716. The predicted octanol–water partition coefficient (Wildman–Crippen LogP) is 2.10. The second kappa shape index (κ2) is 6.67. The van der Waals surface area contributed by atoms with Gasteiger partial charge in [0.15, 0.2) is 0 Å². The molecular formula is C15H17N5O3. The zero-order chi connectivity index (χ0) is 16.2. The number of hydrogen-bond donors (Lipinski definition) is 2. The number of hydrogen-bond acceptors (Lipinski definition) is 7. The van der Waals surface area contributed by atoms with E-state index in [-0.39, 0.29) is 11.8 Å². The fourth-order valence-corrected chi connectivity index (χ4v) is 2.42. The number of nitro groups is 1. The summed E-state index contributed by atoms with van der Waals surface area (Å²) in [5.74, 6) is 1.20. The van der Waals surface area contributed by atoms with Gasteiger partial charge in [0, 0.05) is 37.0 Å². The minimum atomic E-state index is -0.427. The summed E-state index contributed by atoms with van der Waals surface area (Å²) in [5.41, 5.74) is 1.42. The maximum Gasteiger partial charge on any atom is 0.271 e. The van der Waals surface area contributed by atoms with Crippen LogP contribution >= 0.6 is 0 Å². The predicted molar refractivity (Wildman–Crippen MR) is 84.7 cm³/mol. The Morgan fingerprint density at radius 3 is 3.00 bits per heavy atom. The van der Waals surface area contributed by atoms with Crippen molar-refractivity contribution in [3.05, 3.63) is 52.0 Å². The molecule has 0 bridgehead atoms. The first-order valence-electron chi connectivity index (χ1n) is 7.31. The summed E-state index contributed by atoms with van der Waals surface area (Å²) in [6.45, 7) is 3.98. The van der Waals surface area contributed by atoms with Crippen LogP contribution in [0.3, 0.4) is 0 Å². The van der Waals surface area contributed by atoms with Crippen LogP contribution in [0.5, 0.6) is 0 Å². The SMILES string of the molecule is Cc1nc(Nc2cccc([N+](=O)[O-])c2)cc(C2CNCCO2)n1. The summed E-state index contributed by atoms with van der Waals surface area (Å²) in [6.07, 6.45) is -0.115. The number of benzene rings is 1. The second-order valence-electron chi connectivity index (χ2n) is 5.22. The van der Waals surface area contributed by atoms with Crippen LogP contribution in [0.15, 0.2) is 30.3 Å². The molecule has 1 unspecified atom stereocenters. The monoisotopic (exact) mass is 315 g/mol. The molecule has 1 aromatic carbocycles. The van der Waals surface area contributed by atoms with Crippen molar-refractivity contribution < 1.29 is 9.66 Å². The maximum absolute atomic E-state index is 10.8. The Morgan fingerprint density at radius 2 is 2.26 bits per heavy atom. The summed E-state index contributed by atoms with van der Waals surface area (Å²) < 4.78 is 5.70. The van der Waals surface area contributed by atoms with Gasteiger partial charge in [-0.15, -0.1) is 0 Å². The number of aromatic nitrogens is 2. The van der Waals surface area contributed by atoms with E-state index in [0.29, 0.717) is 30.5 Å². The standard InChI is InChI=1S/C15H17N5O3/c1-10-17-13(14-9-16-5-6-23-14)8-15(18-10)19-11-3-2-4-12(7-11)20(21)22/h2-4,7-8,14,16H,5-6,9H2,1H3,(H,17,18,19). The third-order valence-corrected chi connectivity index (χ3v) is 3.44. The molecule has 1 aliphatic heterocycles. The van der Waals surface area contributed by atoms with E-state index < -0.39 is 4.92 Å². The molecule has 1 saturated heterocycles. The molecule has 2 aromatic rings. The Hall–Kier alpha value is -2.58. The van der Waals surface area contributed by atoms with Gasteiger partial charge in [0.1, 0.15) is 17.7 Å². The number of nitrogens with zero attached hydrogens (tertiary/aromatic N) is 3. The van der Waals surface area contributed by atoms with E-state index in [1.165, 1.54) is 12.1 Å². The van der Waals surface area contributed by atoms with Crippen molar-refractivity contribution in [2.24, 2.45) is 0 Å². The number of ether oxygens (including phenoxy) is 1. The van der Waals surface area contributed by atoms with Crippen molar-refractivity contribution in [3.8, 4) is 0 Å². The Kier molecular flexibility index (Phi) is 4.45. The summed E-state index contributed by atoms with van der Waals surface area (Å²) >= 11 is 0. The topological polar surface area (TPSA) is 102 Å². The average molecular weight is 315 g/mol. The highest BCUT2D eigenvalue weighted by molar-refractivity contribution is 5.59. The number of rotatable bonds is 4. The van der Waals surface area contributed by atoms with Gasteiger partial charge in [0.2, 0.25) is 0 Å². The molecule has 8 heteroatoms. The lowest BCUT2D eigenvalue weighted by atomic mass is 10.2. The summed E-state index contributed by atoms with van der Waals surface area (Å²) in [6, 6.07) is 8.11. The number of non-ortho nitro benzene ring substituents is 1. The van der Waals surface area contributed by atoms with Crippen molar-refractivity contribution in [1.82, 2.24) is 15.3 Å². The Morgan fingerprint density at radius 1 is 1.39 bits per heavy atom. The van der Waals surface area contributed by atoms with E-state index in [1.54, 1.807) is 19.1 Å². The highest BCUT2D eigenvalue weighted by Gasteiger charge is 2.18. The zero-order valence-electron chi connectivity index (χ0n) is 12.7. The normalized spacial score (nSPS) is 17.7. The Labute approximate surface area is 133 Å². The van der Waals surface area contributed by atoms with Crippen molar-refractivity contribution in [2.45, 2.75) is 13.0 Å². The van der Waals surface area contributed by atoms with E-state index in [4.69, 9.17) is 4.74 Å². The van der Waals surface area contributed by atoms with Crippen LogP contribution in [-0.4, -0.2) is 34.6 Å². The van der Waals surface area contributed by atoms with E-state index in [1.807, 2.05) is 6.07 Å². The number of aryl methyl sites for hydroxylation is 1. The van der Waals surface area contributed by atoms with Crippen LogP contribution in [0.2, 0.25) is 0 Å². The molecule has 2 N–H and O–H groups in total. The van der Waals surface area contributed by atoms with Crippen molar-refractivity contribution in [3.63, 3.8) is 0 Å². The average Bonchev–Trinajstić information content (AvgIpc) is 2.55. The molecule has 23 heavy (non-hydrogen) atoms. The van der Waals surface area contributed by atoms with Gasteiger partial charge in [-0.2, -0.15) is 0 Å². The largest absolute Gasteiger partial charge is 0.369 e. The number of nitro benzene ring substituents is 1. The lowest BCUT2D eigenvalue weighted by Gasteiger charge is -2.23. The number of morpholine rings is 1. The third-order valence-electron chi connectivity index (χ3n) is 3.44. The first-order chi connectivity index (χ1) is 11.1. The smallest absolute Gasteiger partial charge is 0.271 e. The van der Waals surface area contributed by atoms with E-state index in [0.717, 1.165) is 12.2 Å². The number of anilines is 2. The molecule has 0 radical (unpaired) electrons. The quantitative estimate of drug-likeness (QED) is 0.658. The minimum Gasteiger partial charge on any atom is -0.369 e. The van der Waals surface area contributed by atoms with Gasteiger partial charge in [0.25, 0.3) is 5.69 Å². The van der Waals surface area contributed by atoms with Crippen LogP contribution in [0, 0.1) is 17.0 Å². The molecule has 1 fully saturated rings. The fourth-order valence-electron chi connectivity index (χ4n) is 2.42. The van der Waals surface area contributed by atoms with E-state index in [9.17, 15) is 10.1 Å². The molecule has 1 aromatic heterocycles. The van der Waals surface area contributed by atoms with Gasteiger partial charge in [0.05, 0.1) is 17.2 Å². The first kappa shape index (κ1) is 15.3. The van der Waals surface area contributed by atoms with Gasteiger partial charge in [-0.3, -0.25) is 10.1 Å². The maximum atomic E-state index is 10.8. The van der Waals surface area contributed by atoms with Crippen molar-refractivity contribution in [2.75, 3.05) is 25.0 Å². The molecule has 0 spiro atoms. The van der Waals surface area contributed by atoms with E-state index >= 15 is 0 Å². The number of nitrogens with one attached hydrogen (secondary N) is 2. The molecule has 0 saturated carbocycles. The van der Waals surface area contributed by atoms with Crippen molar-refractivity contribution >= 4 is 17.2 Å². The summed E-state index contributed by atoms with van der Waals surface area (Å²) in [7, 11) is 0. The van der Waals surface area contributed by atoms with Crippen LogP contribution in [0.4, 0.5) is 17.2 Å². The molecule has 2 heterocycles. The van der Waals surface area contributed by atoms with Crippen LogP contribution in [-0.2, 0) is 4.74 Å². The van der Waals surface area contributed by atoms with Gasteiger partial charge in [-0.25, -0.2) is 9.97 Å². The van der Waals surface area contributed by atoms with E-state index in [2.05, 4.69) is 20.6 Å². The van der Waals surface area contributed by atoms with Crippen LogP contribution < -0.4 is 10.6 Å². The summed E-state index contributed by atoms with van der Waals surface area (Å²) in [4.78, 5) is 19.2. The molecule has 1 aliphatic rings. The lowest BCUT2D eigenvalue weighted by Crippen LogP contribution is -2.33. The molecule has 8 nitrogen and oxygen atoms in total. The molecule has 0 aliphatic carbocycles. The van der Waals surface area contributed by atoms with Crippen LogP contribution in [0.1, 0.15) is 17.6 Å². The van der Waals surface area contributed by atoms with Gasteiger partial charge in [-0.05, 0) is 13.0 Å². The van der Waals surface area contributed by atoms with Crippen LogP contribution in [0.25, 0.3) is 0 Å². The first-order valence-corrected chi connectivity index (χ1v) is 7.31. The van der Waals surface area contributed by atoms with Crippen molar-refractivity contribution in [1.29, 1.82) is 0 Å². The molecule has 120 valence electrons. The molecular weight excluding hydrogens is 298 g/mol. The fraction of sp³-hybridized carbons (Fsp3) is 0.333. The van der Waals surface area contributed by atoms with Gasteiger partial charge >= 0.3 is 0 Å². The second-order valence-corrected chi connectivity index (χ2v) is 5.22. The molecule has 1 atom stereocenters. The third kappa shape index (κ3) is 3.79. The zero-order valence-corrected chi connectivity index (χ0v) is 12.7. The molecule has 0 amide bonds. The Balaban J connectivity index is 1.83. The highest BCUT2D eigenvalue weighted by Crippen LogP contribution is 2.23. The lowest BCUT2D eigenvalue weighted by molar-refractivity contribution is -0.384. The molecule has 3 rings (SSSR count). The summed E-state index contributed by atoms with van der Waals surface area (Å²) in [5, 5.41) is 17.2. The van der Waals surface area contributed by atoms with Gasteiger partial charge in [-0.1, -0.05) is 6.07 Å². The highest BCUT2D eigenvalue weighted by atomic mass is 16.6. The minimum absolute atomic E-state index is 0.0285.